The lowest BCUT2D eigenvalue weighted by atomic mass is 9.95. The number of esters is 1. The Morgan fingerprint density at radius 1 is 1.05 bits per heavy atom. The van der Waals surface area contributed by atoms with Gasteiger partial charge in [-0.25, -0.2) is 4.79 Å². The van der Waals surface area contributed by atoms with Gasteiger partial charge in [0, 0.05) is 13.1 Å². The van der Waals surface area contributed by atoms with Gasteiger partial charge >= 0.3 is 12.1 Å². The van der Waals surface area contributed by atoms with Gasteiger partial charge < -0.3 is 25.0 Å². The molecule has 0 aliphatic carbocycles. The average molecular weight is 520 g/mol. The summed E-state index contributed by atoms with van der Waals surface area (Å²) in [7, 11) is 0. The van der Waals surface area contributed by atoms with Crippen molar-refractivity contribution in [3.63, 3.8) is 0 Å². The Kier molecular flexibility index (Phi) is 13.1. The van der Waals surface area contributed by atoms with Crippen LogP contribution >= 0.6 is 0 Å². The highest BCUT2D eigenvalue weighted by molar-refractivity contribution is 5.92. The minimum absolute atomic E-state index is 0.0273. The van der Waals surface area contributed by atoms with Crippen LogP contribution in [0.3, 0.4) is 0 Å². The van der Waals surface area contributed by atoms with Gasteiger partial charge in [0.25, 0.3) is 0 Å². The van der Waals surface area contributed by atoms with Gasteiger partial charge in [-0.2, -0.15) is 0 Å². The van der Waals surface area contributed by atoms with E-state index < -0.39 is 41.6 Å². The third-order valence-electron chi connectivity index (χ3n) is 5.82. The summed E-state index contributed by atoms with van der Waals surface area (Å²) < 4.78 is 10.3. The average Bonchev–Trinajstić information content (AvgIpc) is 2.79. The monoisotopic (exact) mass is 519 g/mol. The molecule has 0 bridgehead atoms. The number of unbranched alkanes of at least 4 members (excludes halogenated alkanes) is 2. The van der Waals surface area contributed by atoms with E-state index in [0.717, 1.165) is 24.0 Å². The molecule has 0 saturated heterocycles. The summed E-state index contributed by atoms with van der Waals surface area (Å²) in [5, 5.41) is 5.41. The number of nitrogens with one attached hydrogen (secondary N) is 2. The zero-order valence-corrected chi connectivity index (χ0v) is 23.7. The van der Waals surface area contributed by atoms with Gasteiger partial charge in [-0.3, -0.25) is 14.4 Å². The molecule has 9 nitrogen and oxygen atoms in total. The second-order valence-corrected chi connectivity index (χ2v) is 10.1. The highest BCUT2D eigenvalue weighted by atomic mass is 16.6. The third-order valence-corrected chi connectivity index (χ3v) is 5.82. The Morgan fingerprint density at radius 3 is 2.32 bits per heavy atom. The van der Waals surface area contributed by atoms with Gasteiger partial charge in [0.1, 0.15) is 17.7 Å². The van der Waals surface area contributed by atoms with E-state index in [-0.39, 0.29) is 19.6 Å². The number of nitrogens with zero attached hydrogens (tertiary/aromatic N) is 1. The fourth-order valence-electron chi connectivity index (χ4n) is 3.83. The maximum atomic E-state index is 13.7. The lowest BCUT2D eigenvalue weighted by Crippen LogP contribution is -2.52. The summed E-state index contributed by atoms with van der Waals surface area (Å²) in [4.78, 5) is 53.0. The Hall–Kier alpha value is -3.10. The van der Waals surface area contributed by atoms with Crippen molar-refractivity contribution in [1.82, 2.24) is 15.5 Å². The zero-order valence-electron chi connectivity index (χ0n) is 23.7. The Morgan fingerprint density at radius 2 is 1.73 bits per heavy atom. The van der Waals surface area contributed by atoms with Crippen molar-refractivity contribution in [2.24, 2.45) is 0 Å². The van der Waals surface area contributed by atoms with Crippen LogP contribution in [-0.2, 0) is 23.9 Å². The molecule has 208 valence electrons. The summed E-state index contributed by atoms with van der Waals surface area (Å²) >= 11 is 0. The summed E-state index contributed by atoms with van der Waals surface area (Å²) in [5.74, 6) is -1.20. The van der Waals surface area contributed by atoms with Crippen LogP contribution in [0.25, 0.3) is 0 Å². The lowest BCUT2D eigenvalue weighted by molar-refractivity contribution is -0.144. The number of ether oxygens (including phenoxy) is 2. The zero-order chi connectivity index (χ0) is 28.2. The number of hydrogen-bond donors (Lipinski definition) is 2. The molecule has 2 N–H and O–H groups in total. The first kappa shape index (κ1) is 31.9. The van der Waals surface area contributed by atoms with E-state index in [4.69, 9.17) is 9.47 Å². The highest BCUT2D eigenvalue weighted by Crippen LogP contribution is 2.28. The van der Waals surface area contributed by atoms with Crippen molar-refractivity contribution < 1.29 is 28.7 Å². The molecule has 0 heterocycles. The molecular weight excluding hydrogens is 474 g/mol. The van der Waals surface area contributed by atoms with E-state index in [1.165, 1.54) is 4.90 Å². The number of rotatable bonds is 13. The van der Waals surface area contributed by atoms with Crippen LogP contribution in [0.15, 0.2) is 18.2 Å². The maximum absolute atomic E-state index is 13.7. The van der Waals surface area contributed by atoms with Crippen LogP contribution < -0.4 is 10.6 Å². The maximum Gasteiger partial charge on any atom is 0.408 e. The smallest absolute Gasteiger partial charge is 0.408 e. The molecule has 1 aromatic carbocycles. The molecule has 0 fully saturated rings. The van der Waals surface area contributed by atoms with Crippen molar-refractivity contribution in [2.45, 2.75) is 98.8 Å². The molecule has 2 atom stereocenters. The molecule has 0 saturated carbocycles. The predicted octanol–water partition coefficient (Wildman–Crippen LogP) is 4.35. The Bertz CT molecular complexity index is 925. The highest BCUT2D eigenvalue weighted by Gasteiger charge is 2.35. The number of amides is 3. The number of hydrogen-bond acceptors (Lipinski definition) is 6. The molecule has 0 aromatic heterocycles. The molecule has 0 spiro atoms. The molecule has 0 aliphatic rings. The predicted molar refractivity (Wildman–Crippen MR) is 143 cm³/mol. The summed E-state index contributed by atoms with van der Waals surface area (Å²) in [6, 6.07) is 3.79. The fraction of sp³-hybridized carbons (Fsp3) is 0.643. The molecule has 2 unspecified atom stereocenters. The van der Waals surface area contributed by atoms with Gasteiger partial charge in [0.05, 0.1) is 13.0 Å². The van der Waals surface area contributed by atoms with Crippen molar-refractivity contribution in [1.29, 1.82) is 0 Å². The first-order valence-corrected chi connectivity index (χ1v) is 13.1. The Labute approximate surface area is 221 Å². The number of carbonyl (C=O) groups is 4. The molecule has 1 aromatic rings. The van der Waals surface area contributed by atoms with E-state index in [1.54, 1.807) is 34.6 Å². The standard InChI is InChI=1S/C28H45N3O6/c1-9-11-12-18-31(26(34)21(5)30-27(35)37-28(6,7)8)24(22-15-13-14-19(3)20(22)4)25(33)29-17-16-23(32)36-10-2/h13-15,21,24H,9-12,16-18H2,1-8H3,(H,29,33)(H,30,35). The topological polar surface area (TPSA) is 114 Å². The van der Waals surface area contributed by atoms with Crippen molar-refractivity contribution in [3.8, 4) is 0 Å². The normalized spacial score (nSPS) is 12.8. The summed E-state index contributed by atoms with van der Waals surface area (Å²) in [5.41, 5.74) is 1.87. The number of alkyl carbamates (subject to hydrolysis) is 1. The molecule has 37 heavy (non-hydrogen) atoms. The second-order valence-electron chi connectivity index (χ2n) is 10.1. The van der Waals surface area contributed by atoms with Crippen molar-refractivity contribution in [2.75, 3.05) is 19.7 Å². The molecular formula is C28H45N3O6. The van der Waals surface area contributed by atoms with Gasteiger partial charge in [-0.15, -0.1) is 0 Å². The van der Waals surface area contributed by atoms with Crippen LogP contribution in [0.4, 0.5) is 4.79 Å². The largest absolute Gasteiger partial charge is 0.466 e. The van der Waals surface area contributed by atoms with Crippen molar-refractivity contribution in [3.05, 3.63) is 34.9 Å². The summed E-state index contributed by atoms with van der Waals surface area (Å²) in [6.07, 6.45) is 1.83. The first-order valence-electron chi connectivity index (χ1n) is 13.1. The molecule has 3 amide bonds. The van der Waals surface area contributed by atoms with Crippen LogP contribution in [0, 0.1) is 13.8 Å². The third kappa shape index (κ3) is 10.8. The minimum Gasteiger partial charge on any atom is -0.466 e. The number of carbonyl (C=O) groups excluding carboxylic acids is 4. The van der Waals surface area contributed by atoms with Gasteiger partial charge in [-0.05, 0) is 71.6 Å². The van der Waals surface area contributed by atoms with Crippen LogP contribution in [-0.4, -0.2) is 60.1 Å². The first-order chi connectivity index (χ1) is 17.3. The minimum atomic E-state index is -0.936. The molecule has 9 heteroatoms. The number of aryl methyl sites for hydroxylation is 1. The number of benzene rings is 1. The van der Waals surface area contributed by atoms with Crippen LogP contribution in [0.2, 0.25) is 0 Å². The van der Waals surface area contributed by atoms with Crippen molar-refractivity contribution >= 4 is 23.9 Å². The van der Waals surface area contributed by atoms with Crippen LogP contribution in [0.1, 0.15) is 90.0 Å². The quantitative estimate of drug-likeness (QED) is 0.296. The molecule has 0 aliphatic heterocycles. The lowest BCUT2D eigenvalue weighted by Gasteiger charge is -2.34. The van der Waals surface area contributed by atoms with E-state index in [0.29, 0.717) is 18.5 Å². The van der Waals surface area contributed by atoms with E-state index in [2.05, 4.69) is 17.6 Å². The second kappa shape index (κ2) is 15.2. The van der Waals surface area contributed by atoms with Gasteiger partial charge in [0.2, 0.25) is 11.8 Å². The van der Waals surface area contributed by atoms with Gasteiger partial charge in [0.15, 0.2) is 0 Å². The fourth-order valence-corrected chi connectivity index (χ4v) is 3.83. The molecule has 1 rings (SSSR count). The van der Waals surface area contributed by atoms with E-state index in [9.17, 15) is 19.2 Å². The molecule has 0 radical (unpaired) electrons. The van der Waals surface area contributed by atoms with E-state index in [1.807, 2.05) is 32.0 Å². The van der Waals surface area contributed by atoms with Gasteiger partial charge in [-0.1, -0.05) is 38.0 Å². The van der Waals surface area contributed by atoms with E-state index >= 15 is 0 Å². The summed E-state index contributed by atoms with van der Waals surface area (Å²) in [6.45, 7) is 15.1. The van der Waals surface area contributed by atoms with Crippen LogP contribution in [0.5, 0.6) is 0 Å². The SMILES string of the molecule is CCCCCN(C(=O)C(C)NC(=O)OC(C)(C)C)C(C(=O)NCCC(=O)OCC)c1cccc(C)c1C. The Balaban J connectivity index is 3.33.